The molecule has 0 saturated heterocycles. The fraction of sp³-hybridized carbons (Fsp3) is 0.538. The number of hydrogen-bond acceptors (Lipinski definition) is 3. The highest BCUT2D eigenvalue weighted by Crippen LogP contribution is 2.22. The number of nitrogens with two attached hydrogens (primary N) is 1. The molecule has 16 heavy (non-hydrogen) atoms. The van der Waals surface area contributed by atoms with Crippen LogP contribution in [-0.2, 0) is 0 Å². The molecule has 0 aromatic heterocycles. The number of benzene rings is 1. The van der Waals surface area contributed by atoms with Crippen molar-refractivity contribution >= 4 is 11.8 Å². The second-order valence-corrected chi connectivity index (χ2v) is 5.60. The van der Waals surface area contributed by atoms with Gasteiger partial charge in [0.15, 0.2) is 0 Å². The highest BCUT2D eigenvalue weighted by atomic mass is 32.2. The smallest absolute Gasteiger partial charge is 0.119 e. The summed E-state index contributed by atoms with van der Waals surface area (Å²) in [5, 5.41) is 0.626. The van der Waals surface area contributed by atoms with Gasteiger partial charge >= 0.3 is 0 Å². The van der Waals surface area contributed by atoms with Crippen LogP contribution in [-0.4, -0.2) is 17.6 Å². The first-order valence-corrected chi connectivity index (χ1v) is 6.78. The van der Waals surface area contributed by atoms with Crippen LogP contribution < -0.4 is 10.5 Å². The van der Waals surface area contributed by atoms with E-state index in [1.165, 1.54) is 0 Å². The van der Waals surface area contributed by atoms with Gasteiger partial charge in [-0.25, -0.2) is 0 Å². The van der Waals surface area contributed by atoms with E-state index in [-0.39, 0.29) is 6.04 Å². The highest BCUT2D eigenvalue weighted by molar-refractivity contribution is 7.99. The van der Waals surface area contributed by atoms with Gasteiger partial charge in [0.2, 0.25) is 0 Å². The summed E-state index contributed by atoms with van der Waals surface area (Å²) in [4.78, 5) is 0. The third-order valence-corrected chi connectivity index (χ3v) is 3.42. The number of thioether (sulfide) groups is 1. The van der Waals surface area contributed by atoms with Crippen LogP contribution >= 0.6 is 11.8 Å². The highest BCUT2D eigenvalue weighted by Gasteiger charge is 2.08. The van der Waals surface area contributed by atoms with E-state index in [1.807, 2.05) is 36.9 Å². The molecule has 1 rings (SSSR count). The molecular formula is C13H21NOS. The number of rotatable bonds is 6. The van der Waals surface area contributed by atoms with Crippen molar-refractivity contribution in [3.63, 3.8) is 0 Å². The summed E-state index contributed by atoms with van der Waals surface area (Å²) < 4.78 is 5.46. The Bertz CT molecular complexity index is 315. The Labute approximate surface area is 103 Å². The van der Waals surface area contributed by atoms with Crippen molar-refractivity contribution in [3.05, 3.63) is 29.8 Å². The zero-order valence-electron chi connectivity index (χ0n) is 10.3. The Hall–Kier alpha value is -0.670. The van der Waals surface area contributed by atoms with Gasteiger partial charge in [-0.2, -0.15) is 11.8 Å². The lowest BCUT2D eigenvalue weighted by Gasteiger charge is -2.14. The number of hydrogen-bond donors (Lipinski definition) is 1. The Kier molecular flexibility index (Phi) is 5.71. The van der Waals surface area contributed by atoms with Gasteiger partial charge in [0.1, 0.15) is 5.75 Å². The van der Waals surface area contributed by atoms with E-state index in [9.17, 15) is 0 Å². The summed E-state index contributed by atoms with van der Waals surface area (Å²) in [5.74, 6) is 1.86. The van der Waals surface area contributed by atoms with Gasteiger partial charge in [0, 0.05) is 11.8 Å². The summed E-state index contributed by atoms with van der Waals surface area (Å²) in [6.07, 6.45) is 0. The van der Waals surface area contributed by atoms with Crippen LogP contribution in [0.15, 0.2) is 24.3 Å². The molecule has 2 nitrogen and oxygen atoms in total. The van der Waals surface area contributed by atoms with Crippen LogP contribution in [0.3, 0.4) is 0 Å². The second-order valence-electron chi connectivity index (χ2n) is 3.99. The zero-order valence-corrected chi connectivity index (χ0v) is 11.1. The maximum Gasteiger partial charge on any atom is 0.119 e. The molecule has 1 atom stereocenters. The van der Waals surface area contributed by atoms with Crippen LogP contribution in [0, 0.1) is 0 Å². The Morgan fingerprint density at radius 2 is 2.12 bits per heavy atom. The van der Waals surface area contributed by atoms with E-state index in [2.05, 4.69) is 19.9 Å². The molecule has 1 aromatic carbocycles. The molecule has 0 saturated carbocycles. The normalized spacial score (nSPS) is 12.8. The average Bonchev–Trinajstić information content (AvgIpc) is 2.26. The lowest BCUT2D eigenvalue weighted by atomic mass is 10.1. The van der Waals surface area contributed by atoms with Crippen molar-refractivity contribution in [1.29, 1.82) is 0 Å². The van der Waals surface area contributed by atoms with Crippen LogP contribution in [0.5, 0.6) is 5.75 Å². The largest absolute Gasteiger partial charge is 0.494 e. The van der Waals surface area contributed by atoms with Gasteiger partial charge in [0.25, 0.3) is 0 Å². The lowest BCUT2D eigenvalue weighted by molar-refractivity contribution is 0.339. The monoisotopic (exact) mass is 239 g/mol. The van der Waals surface area contributed by atoms with Crippen molar-refractivity contribution in [3.8, 4) is 5.75 Å². The minimum atomic E-state index is 0.0906. The molecule has 0 fully saturated rings. The zero-order chi connectivity index (χ0) is 12.0. The van der Waals surface area contributed by atoms with Crippen molar-refractivity contribution < 1.29 is 4.74 Å². The minimum absolute atomic E-state index is 0.0906. The topological polar surface area (TPSA) is 35.2 Å². The van der Waals surface area contributed by atoms with Crippen molar-refractivity contribution in [1.82, 2.24) is 0 Å². The van der Waals surface area contributed by atoms with E-state index in [0.29, 0.717) is 11.9 Å². The van der Waals surface area contributed by atoms with E-state index in [4.69, 9.17) is 10.5 Å². The van der Waals surface area contributed by atoms with E-state index >= 15 is 0 Å². The van der Waals surface area contributed by atoms with E-state index < -0.39 is 0 Å². The van der Waals surface area contributed by atoms with Crippen molar-refractivity contribution in [2.75, 3.05) is 12.4 Å². The first-order chi connectivity index (χ1) is 7.63. The van der Waals surface area contributed by atoms with Crippen LogP contribution in [0.1, 0.15) is 32.4 Å². The van der Waals surface area contributed by atoms with E-state index in [1.54, 1.807) is 0 Å². The van der Waals surface area contributed by atoms with Gasteiger partial charge < -0.3 is 10.5 Å². The van der Waals surface area contributed by atoms with E-state index in [0.717, 1.165) is 17.1 Å². The van der Waals surface area contributed by atoms with Crippen molar-refractivity contribution in [2.45, 2.75) is 32.1 Å². The standard InChI is InChI=1S/C13H21NOS/c1-4-15-12-7-5-6-11(8-12)13(14)9-16-10(2)3/h5-8,10,13H,4,9,14H2,1-3H3. The molecule has 0 aliphatic rings. The first-order valence-electron chi connectivity index (χ1n) is 5.73. The summed E-state index contributed by atoms with van der Waals surface area (Å²) in [5.41, 5.74) is 7.28. The summed E-state index contributed by atoms with van der Waals surface area (Å²) in [6.45, 7) is 7.06. The maximum atomic E-state index is 6.13. The third kappa shape index (κ3) is 4.45. The molecule has 0 aliphatic heterocycles. The van der Waals surface area contributed by atoms with Gasteiger partial charge in [-0.15, -0.1) is 0 Å². The summed E-state index contributed by atoms with van der Waals surface area (Å²) in [6, 6.07) is 8.16. The Morgan fingerprint density at radius 3 is 2.75 bits per heavy atom. The molecule has 0 amide bonds. The molecule has 0 spiro atoms. The van der Waals surface area contributed by atoms with Gasteiger partial charge in [-0.3, -0.25) is 0 Å². The summed E-state index contributed by atoms with van der Waals surface area (Å²) in [7, 11) is 0. The molecule has 3 heteroatoms. The quantitative estimate of drug-likeness (QED) is 0.828. The van der Waals surface area contributed by atoms with Crippen LogP contribution in [0.4, 0.5) is 0 Å². The van der Waals surface area contributed by atoms with Crippen molar-refractivity contribution in [2.24, 2.45) is 5.73 Å². The maximum absolute atomic E-state index is 6.13. The Morgan fingerprint density at radius 1 is 1.38 bits per heavy atom. The lowest BCUT2D eigenvalue weighted by Crippen LogP contribution is -2.14. The molecule has 2 N–H and O–H groups in total. The molecule has 90 valence electrons. The summed E-state index contributed by atoms with van der Waals surface area (Å²) >= 11 is 1.89. The fourth-order valence-corrected chi connectivity index (χ4v) is 2.18. The average molecular weight is 239 g/mol. The Balaban J connectivity index is 2.60. The molecule has 1 aromatic rings. The third-order valence-electron chi connectivity index (χ3n) is 2.21. The molecule has 0 aliphatic carbocycles. The van der Waals surface area contributed by atoms with Crippen LogP contribution in [0.2, 0.25) is 0 Å². The SMILES string of the molecule is CCOc1cccc(C(N)CSC(C)C)c1. The molecule has 0 radical (unpaired) electrons. The van der Waals surface area contributed by atoms with Gasteiger partial charge in [-0.1, -0.05) is 26.0 Å². The predicted molar refractivity (Wildman–Crippen MR) is 72.1 cm³/mol. The second kappa shape index (κ2) is 6.81. The molecular weight excluding hydrogens is 218 g/mol. The fourth-order valence-electron chi connectivity index (χ4n) is 1.39. The molecule has 0 bridgehead atoms. The number of ether oxygens (including phenoxy) is 1. The van der Waals surface area contributed by atoms with Crippen LogP contribution in [0.25, 0.3) is 0 Å². The van der Waals surface area contributed by atoms with Gasteiger partial charge in [-0.05, 0) is 29.9 Å². The molecule has 0 heterocycles. The minimum Gasteiger partial charge on any atom is -0.494 e. The molecule has 1 unspecified atom stereocenters. The predicted octanol–water partition coefficient (Wildman–Crippen LogP) is 3.23. The van der Waals surface area contributed by atoms with Gasteiger partial charge in [0.05, 0.1) is 6.61 Å². The first kappa shape index (κ1) is 13.4.